The largest absolute Gasteiger partial charge is 0.376 e. The molecule has 0 unspecified atom stereocenters. The molecule has 0 fully saturated rings. The molecule has 4 N–H and O–H groups in total. The monoisotopic (exact) mass is 458 g/mol. The second-order valence-corrected chi connectivity index (χ2v) is 7.89. The van der Waals surface area contributed by atoms with Crippen molar-refractivity contribution < 1.29 is 14.4 Å². The maximum Gasteiger partial charge on any atom is 0.243 e. The fraction of sp³-hybridized carbons (Fsp3) is 0.222. The normalized spacial score (nSPS) is 10.3. The molecule has 0 spiro atoms. The van der Waals surface area contributed by atoms with Crippen LogP contribution in [0.25, 0.3) is 0 Å². The Morgan fingerprint density at radius 1 is 0.618 bits per heavy atom. The molecule has 7 heteroatoms. The van der Waals surface area contributed by atoms with Crippen LogP contribution in [0.2, 0.25) is 0 Å². The second-order valence-electron chi connectivity index (χ2n) is 7.89. The molecule has 0 aliphatic heterocycles. The fourth-order valence-electron chi connectivity index (χ4n) is 3.31. The van der Waals surface area contributed by atoms with Crippen LogP contribution in [-0.4, -0.2) is 24.3 Å². The maximum absolute atomic E-state index is 12.3. The van der Waals surface area contributed by atoms with Crippen molar-refractivity contribution in [2.75, 3.05) is 27.8 Å². The predicted octanol–water partition coefficient (Wildman–Crippen LogP) is 5.05. The molecule has 7 nitrogen and oxygen atoms in total. The third-order valence-electron chi connectivity index (χ3n) is 5.01. The highest BCUT2D eigenvalue weighted by Gasteiger charge is 2.06. The Morgan fingerprint density at radius 3 is 1.88 bits per heavy atom. The van der Waals surface area contributed by atoms with Crippen LogP contribution in [0, 0.1) is 0 Å². The van der Waals surface area contributed by atoms with Crippen molar-refractivity contribution in [2.45, 2.75) is 32.6 Å². The lowest BCUT2D eigenvalue weighted by molar-refractivity contribution is -0.117. The number of carbonyl (C=O) groups excluding carboxylic acids is 3. The first-order chi connectivity index (χ1) is 16.5. The summed E-state index contributed by atoms with van der Waals surface area (Å²) < 4.78 is 0. The molecular weight excluding hydrogens is 428 g/mol. The van der Waals surface area contributed by atoms with E-state index < -0.39 is 0 Å². The third kappa shape index (κ3) is 8.43. The molecule has 0 aliphatic carbocycles. The van der Waals surface area contributed by atoms with E-state index in [0.717, 1.165) is 17.7 Å². The topological polar surface area (TPSA) is 99.3 Å². The van der Waals surface area contributed by atoms with Crippen molar-refractivity contribution in [1.29, 1.82) is 0 Å². The zero-order valence-electron chi connectivity index (χ0n) is 19.3. The number of aryl methyl sites for hydroxylation is 1. The average Bonchev–Trinajstić information content (AvgIpc) is 2.84. The van der Waals surface area contributed by atoms with Gasteiger partial charge in [-0.15, -0.1) is 0 Å². The molecule has 0 radical (unpaired) electrons. The SMILES string of the molecule is CCCC(=O)Nc1cccc(NCC(=O)Nc2ccc(NC(=O)CCc3ccccc3)cc2)c1. The van der Waals surface area contributed by atoms with Crippen molar-refractivity contribution in [1.82, 2.24) is 0 Å². The standard InChI is InChI=1S/C27H30N4O3/c1-2-7-25(32)31-24-11-6-10-23(18-24)28-19-27(34)30-22-15-13-21(14-16-22)29-26(33)17-12-20-8-4-3-5-9-20/h3-6,8-11,13-16,18,28H,2,7,12,17,19H2,1H3,(H,29,33)(H,30,34)(H,31,32). The summed E-state index contributed by atoms with van der Waals surface area (Å²) in [6, 6.07) is 24.1. The van der Waals surface area contributed by atoms with Gasteiger partial charge in [0.2, 0.25) is 17.7 Å². The summed E-state index contributed by atoms with van der Waals surface area (Å²) >= 11 is 0. The lowest BCUT2D eigenvalue weighted by atomic mass is 10.1. The lowest BCUT2D eigenvalue weighted by Crippen LogP contribution is -2.21. The van der Waals surface area contributed by atoms with Gasteiger partial charge in [0, 0.05) is 35.6 Å². The predicted molar refractivity (Wildman–Crippen MR) is 137 cm³/mol. The molecular formula is C27H30N4O3. The first-order valence-corrected chi connectivity index (χ1v) is 11.4. The molecule has 3 aromatic carbocycles. The van der Waals surface area contributed by atoms with Gasteiger partial charge in [-0.3, -0.25) is 14.4 Å². The van der Waals surface area contributed by atoms with E-state index in [2.05, 4.69) is 21.3 Å². The van der Waals surface area contributed by atoms with E-state index in [4.69, 9.17) is 0 Å². The summed E-state index contributed by atoms with van der Waals surface area (Å²) in [6.45, 7) is 2.03. The molecule has 0 saturated carbocycles. The van der Waals surface area contributed by atoms with Crippen molar-refractivity contribution in [3.05, 3.63) is 84.4 Å². The Kier molecular flexibility index (Phi) is 9.22. The summed E-state index contributed by atoms with van der Waals surface area (Å²) in [7, 11) is 0. The third-order valence-corrected chi connectivity index (χ3v) is 5.01. The lowest BCUT2D eigenvalue weighted by Gasteiger charge is -2.11. The van der Waals surface area contributed by atoms with Crippen LogP contribution >= 0.6 is 0 Å². The van der Waals surface area contributed by atoms with Gasteiger partial charge in [-0.2, -0.15) is 0 Å². The van der Waals surface area contributed by atoms with E-state index in [9.17, 15) is 14.4 Å². The Balaban J connectivity index is 1.42. The highest BCUT2D eigenvalue weighted by Crippen LogP contribution is 2.17. The zero-order valence-corrected chi connectivity index (χ0v) is 19.3. The minimum absolute atomic E-state index is 0.0341. The van der Waals surface area contributed by atoms with Crippen LogP contribution in [0.5, 0.6) is 0 Å². The van der Waals surface area contributed by atoms with E-state index in [1.54, 1.807) is 36.4 Å². The van der Waals surface area contributed by atoms with Crippen LogP contribution in [0.15, 0.2) is 78.9 Å². The van der Waals surface area contributed by atoms with E-state index in [0.29, 0.717) is 36.3 Å². The summed E-state index contributed by atoms with van der Waals surface area (Å²) in [4.78, 5) is 36.2. The Labute approximate surface area is 200 Å². The molecule has 0 aromatic heterocycles. The number of anilines is 4. The van der Waals surface area contributed by atoms with E-state index in [1.165, 1.54) is 0 Å². The van der Waals surface area contributed by atoms with Gasteiger partial charge in [-0.25, -0.2) is 0 Å². The molecule has 0 bridgehead atoms. The number of carbonyl (C=O) groups is 3. The van der Waals surface area contributed by atoms with Gasteiger partial charge in [-0.1, -0.05) is 43.3 Å². The quantitative estimate of drug-likeness (QED) is 0.323. The molecule has 3 amide bonds. The van der Waals surface area contributed by atoms with E-state index in [-0.39, 0.29) is 24.3 Å². The highest BCUT2D eigenvalue weighted by molar-refractivity contribution is 5.95. The molecule has 34 heavy (non-hydrogen) atoms. The summed E-state index contributed by atoms with van der Waals surface area (Å²) in [5.74, 6) is -0.300. The number of amides is 3. The average molecular weight is 459 g/mol. The first-order valence-electron chi connectivity index (χ1n) is 11.4. The van der Waals surface area contributed by atoms with Crippen molar-refractivity contribution in [3.8, 4) is 0 Å². The first kappa shape index (κ1) is 24.5. The summed E-state index contributed by atoms with van der Waals surface area (Å²) in [5.41, 5.74) is 3.85. The number of rotatable bonds is 11. The highest BCUT2D eigenvalue weighted by atomic mass is 16.2. The minimum Gasteiger partial charge on any atom is -0.376 e. The molecule has 176 valence electrons. The van der Waals surface area contributed by atoms with Crippen LogP contribution in [0.3, 0.4) is 0 Å². The fourth-order valence-corrected chi connectivity index (χ4v) is 3.31. The smallest absolute Gasteiger partial charge is 0.243 e. The van der Waals surface area contributed by atoms with Crippen molar-refractivity contribution in [3.63, 3.8) is 0 Å². The maximum atomic E-state index is 12.3. The van der Waals surface area contributed by atoms with Crippen LogP contribution < -0.4 is 21.3 Å². The van der Waals surface area contributed by atoms with Crippen LogP contribution in [0.1, 0.15) is 31.7 Å². The Morgan fingerprint density at radius 2 is 1.21 bits per heavy atom. The number of nitrogens with one attached hydrogen (secondary N) is 4. The number of hydrogen-bond acceptors (Lipinski definition) is 4. The second kappa shape index (κ2) is 12.8. The van der Waals surface area contributed by atoms with Gasteiger partial charge >= 0.3 is 0 Å². The molecule has 0 aliphatic rings. The van der Waals surface area contributed by atoms with Crippen LogP contribution in [-0.2, 0) is 20.8 Å². The Hall–Kier alpha value is -4.13. The molecule has 0 saturated heterocycles. The number of hydrogen-bond donors (Lipinski definition) is 4. The Bertz CT molecular complexity index is 1100. The summed E-state index contributed by atoms with van der Waals surface area (Å²) in [5, 5.41) is 11.6. The summed E-state index contributed by atoms with van der Waals surface area (Å²) in [6.07, 6.45) is 2.33. The van der Waals surface area contributed by atoms with Gasteiger partial charge in [0.1, 0.15) is 0 Å². The van der Waals surface area contributed by atoms with Gasteiger partial charge in [0.05, 0.1) is 6.54 Å². The number of benzene rings is 3. The van der Waals surface area contributed by atoms with Crippen molar-refractivity contribution in [2.24, 2.45) is 0 Å². The minimum atomic E-state index is -0.208. The van der Waals surface area contributed by atoms with Gasteiger partial charge < -0.3 is 21.3 Å². The van der Waals surface area contributed by atoms with E-state index in [1.807, 2.05) is 49.4 Å². The molecule has 0 atom stereocenters. The van der Waals surface area contributed by atoms with Crippen molar-refractivity contribution >= 4 is 40.5 Å². The molecule has 3 aromatic rings. The van der Waals surface area contributed by atoms with Gasteiger partial charge in [-0.05, 0) is 60.9 Å². The molecule has 3 rings (SSSR count). The van der Waals surface area contributed by atoms with E-state index >= 15 is 0 Å². The van der Waals surface area contributed by atoms with Gasteiger partial charge in [0.15, 0.2) is 0 Å². The van der Waals surface area contributed by atoms with Crippen LogP contribution in [0.4, 0.5) is 22.7 Å². The zero-order chi connectivity index (χ0) is 24.2. The van der Waals surface area contributed by atoms with Gasteiger partial charge in [0.25, 0.3) is 0 Å². The molecule has 0 heterocycles.